The number of nitrogens with one attached hydrogen (secondary N) is 2. The van der Waals surface area contributed by atoms with Gasteiger partial charge in [0.15, 0.2) is 0 Å². The lowest BCUT2D eigenvalue weighted by Crippen LogP contribution is -2.32. The average Bonchev–Trinajstić information content (AvgIpc) is 3.11. The van der Waals surface area contributed by atoms with Crippen LogP contribution in [0.3, 0.4) is 0 Å². The number of benzene rings is 1. The van der Waals surface area contributed by atoms with E-state index in [1.54, 1.807) is 0 Å². The monoisotopic (exact) mass is 285 g/mol. The molecule has 2 N–H and O–H groups in total. The first-order chi connectivity index (χ1) is 10.3. The highest BCUT2D eigenvalue weighted by Gasteiger charge is 2.31. The van der Waals surface area contributed by atoms with E-state index in [0.29, 0.717) is 5.56 Å². The molecule has 0 unspecified atom stereocenters. The van der Waals surface area contributed by atoms with Gasteiger partial charge >= 0.3 is 0 Å². The second-order valence-corrected chi connectivity index (χ2v) is 6.08. The second-order valence-electron chi connectivity index (χ2n) is 6.08. The molecule has 2 aliphatic heterocycles. The third-order valence-corrected chi connectivity index (χ3v) is 4.87. The number of hydrogen-bond acceptors (Lipinski definition) is 4. The minimum absolute atomic E-state index is 0.118. The first-order valence-corrected chi connectivity index (χ1v) is 7.62. The van der Waals surface area contributed by atoms with Gasteiger partial charge in [0.2, 0.25) is 0 Å². The molecular weight excluding hydrogens is 266 g/mol. The smallest absolute Gasteiger partial charge is 0.253 e. The zero-order valence-electron chi connectivity index (χ0n) is 11.9. The van der Waals surface area contributed by atoms with E-state index in [1.165, 1.54) is 0 Å². The van der Waals surface area contributed by atoms with Crippen molar-refractivity contribution in [2.75, 3.05) is 26.2 Å². The van der Waals surface area contributed by atoms with Gasteiger partial charge in [0.25, 0.3) is 5.91 Å². The minimum Gasteiger partial charge on any atom is -0.339 e. The zero-order chi connectivity index (χ0) is 14.2. The Labute approximate surface area is 122 Å². The summed E-state index contributed by atoms with van der Waals surface area (Å²) < 4.78 is 0. The number of nitrogens with zero attached hydrogens (tertiary/aromatic N) is 3. The number of H-pyrrole nitrogens is 1. The lowest BCUT2D eigenvalue weighted by Gasteiger charge is -2.21. The van der Waals surface area contributed by atoms with Gasteiger partial charge < -0.3 is 10.2 Å². The molecule has 0 radical (unpaired) electrons. The van der Waals surface area contributed by atoms with E-state index in [4.69, 9.17) is 0 Å². The fourth-order valence-corrected chi connectivity index (χ4v) is 3.58. The van der Waals surface area contributed by atoms with E-state index >= 15 is 0 Å². The highest BCUT2D eigenvalue weighted by atomic mass is 16.2. The maximum absolute atomic E-state index is 12.7. The van der Waals surface area contributed by atoms with Gasteiger partial charge in [-0.3, -0.25) is 4.79 Å². The molecule has 2 aromatic rings. The summed E-state index contributed by atoms with van der Waals surface area (Å²) in [6.45, 7) is 3.94. The summed E-state index contributed by atoms with van der Waals surface area (Å²) in [6, 6.07) is 5.53. The van der Waals surface area contributed by atoms with Crippen molar-refractivity contribution in [3.8, 4) is 0 Å². The lowest BCUT2D eigenvalue weighted by molar-refractivity contribution is 0.0758. The quantitative estimate of drug-likeness (QED) is 0.820. The van der Waals surface area contributed by atoms with E-state index in [1.807, 2.05) is 23.1 Å². The van der Waals surface area contributed by atoms with Gasteiger partial charge in [-0.05, 0) is 56.0 Å². The number of likely N-dealkylation sites (tertiary alicyclic amines) is 1. The number of carbonyl (C=O) groups is 1. The number of fused-ring (bicyclic) bond motifs is 2. The van der Waals surface area contributed by atoms with Crippen LogP contribution in [0.25, 0.3) is 11.0 Å². The molecule has 4 rings (SSSR count). The molecular formula is C15H19N5O. The Morgan fingerprint density at radius 2 is 1.81 bits per heavy atom. The molecule has 1 aromatic carbocycles. The highest BCUT2D eigenvalue weighted by Crippen LogP contribution is 2.27. The summed E-state index contributed by atoms with van der Waals surface area (Å²) in [5, 5.41) is 14.1. The summed E-state index contributed by atoms with van der Waals surface area (Å²) in [6.07, 6.45) is 2.21. The van der Waals surface area contributed by atoms with Crippen LogP contribution in [0.15, 0.2) is 18.2 Å². The molecule has 0 bridgehead atoms. The fourth-order valence-electron chi connectivity index (χ4n) is 3.58. The minimum atomic E-state index is 0.118. The Balaban J connectivity index is 1.53. The second kappa shape index (κ2) is 5.11. The van der Waals surface area contributed by atoms with Crippen molar-refractivity contribution in [3.63, 3.8) is 0 Å². The first-order valence-electron chi connectivity index (χ1n) is 7.62. The van der Waals surface area contributed by atoms with Gasteiger partial charge in [0.1, 0.15) is 11.0 Å². The first kappa shape index (κ1) is 12.8. The predicted molar refractivity (Wildman–Crippen MR) is 78.9 cm³/mol. The molecule has 110 valence electrons. The third kappa shape index (κ3) is 2.29. The summed E-state index contributed by atoms with van der Waals surface area (Å²) in [5.74, 6) is 1.59. The van der Waals surface area contributed by atoms with Crippen LogP contribution in [-0.4, -0.2) is 52.4 Å². The van der Waals surface area contributed by atoms with Crippen molar-refractivity contribution in [1.82, 2.24) is 25.6 Å². The van der Waals surface area contributed by atoms with E-state index < -0.39 is 0 Å². The number of carbonyl (C=O) groups excluding carboxylic acids is 1. The zero-order valence-corrected chi connectivity index (χ0v) is 11.9. The van der Waals surface area contributed by atoms with Crippen LogP contribution in [0.5, 0.6) is 0 Å². The van der Waals surface area contributed by atoms with Crippen LogP contribution in [0.4, 0.5) is 0 Å². The Bertz CT molecular complexity index is 653. The van der Waals surface area contributed by atoms with Crippen molar-refractivity contribution in [3.05, 3.63) is 23.8 Å². The van der Waals surface area contributed by atoms with Gasteiger partial charge in [-0.25, -0.2) is 0 Å². The van der Waals surface area contributed by atoms with E-state index in [9.17, 15) is 4.79 Å². The summed E-state index contributed by atoms with van der Waals surface area (Å²) in [5.41, 5.74) is 2.25. The lowest BCUT2D eigenvalue weighted by atomic mass is 9.92. The Kier molecular flexibility index (Phi) is 3.11. The van der Waals surface area contributed by atoms with Crippen LogP contribution < -0.4 is 5.32 Å². The number of aromatic nitrogens is 3. The van der Waals surface area contributed by atoms with Crippen LogP contribution in [0.1, 0.15) is 23.2 Å². The third-order valence-electron chi connectivity index (χ3n) is 4.87. The molecule has 1 amide bonds. The molecule has 0 spiro atoms. The van der Waals surface area contributed by atoms with Gasteiger partial charge in [-0.15, -0.1) is 0 Å². The Morgan fingerprint density at radius 3 is 2.57 bits per heavy atom. The van der Waals surface area contributed by atoms with Gasteiger partial charge in [-0.2, -0.15) is 15.4 Å². The number of hydrogen-bond donors (Lipinski definition) is 2. The van der Waals surface area contributed by atoms with Crippen molar-refractivity contribution in [2.45, 2.75) is 12.8 Å². The number of rotatable bonds is 1. The molecule has 3 heterocycles. The number of amides is 1. The normalized spacial score (nSPS) is 25.8. The Morgan fingerprint density at radius 1 is 1.10 bits per heavy atom. The van der Waals surface area contributed by atoms with Crippen LogP contribution in [0, 0.1) is 11.8 Å². The van der Waals surface area contributed by atoms with Crippen molar-refractivity contribution < 1.29 is 4.79 Å². The molecule has 2 saturated heterocycles. The van der Waals surface area contributed by atoms with Crippen LogP contribution >= 0.6 is 0 Å². The molecule has 21 heavy (non-hydrogen) atoms. The molecule has 0 saturated carbocycles. The van der Waals surface area contributed by atoms with E-state index in [2.05, 4.69) is 20.7 Å². The van der Waals surface area contributed by atoms with E-state index in [0.717, 1.165) is 61.9 Å². The largest absolute Gasteiger partial charge is 0.339 e. The van der Waals surface area contributed by atoms with Crippen molar-refractivity contribution >= 4 is 16.9 Å². The molecule has 0 aliphatic carbocycles. The fraction of sp³-hybridized carbons (Fsp3) is 0.533. The van der Waals surface area contributed by atoms with Crippen LogP contribution in [0.2, 0.25) is 0 Å². The van der Waals surface area contributed by atoms with Crippen LogP contribution in [-0.2, 0) is 0 Å². The van der Waals surface area contributed by atoms with Gasteiger partial charge in [-0.1, -0.05) is 0 Å². The molecule has 6 nitrogen and oxygen atoms in total. The summed E-state index contributed by atoms with van der Waals surface area (Å²) in [4.78, 5) is 14.7. The average molecular weight is 285 g/mol. The molecule has 2 fully saturated rings. The maximum Gasteiger partial charge on any atom is 0.253 e. The molecule has 6 heteroatoms. The summed E-state index contributed by atoms with van der Waals surface area (Å²) >= 11 is 0. The van der Waals surface area contributed by atoms with Gasteiger partial charge in [0.05, 0.1) is 0 Å². The van der Waals surface area contributed by atoms with Crippen molar-refractivity contribution in [2.24, 2.45) is 11.8 Å². The van der Waals surface area contributed by atoms with E-state index in [-0.39, 0.29) is 5.91 Å². The highest BCUT2D eigenvalue weighted by molar-refractivity contribution is 5.97. The Hall–Kier alpha value is -1.95. The topological polar surface area (TPSA) is 73.9 Å². The number of aromatic amines is 1. The standard InChI is InChI=1S/C15H19N5O/c21-15(10-1-2-13-14(7-10)18-19-17-13)20-5-3-11-8-16-9-12(11)4-6-20/h1-2,7,11-12,16H,3-6,8-9H2,(H,17,18,19)/t11-,12+. The molecule has 2 aliphatic rings. The maximum atomic E-state index is 12.7. The molecule has 2 atom stereocenters. The SMILES string of the molecule is O=C(c1ccc2n[nH]nc2c1)N1CC[C@@H]2CNC[C@@H]2CC1. The predicted octanol–water partition coefficient (Wildman–Crippen LogP) is 1.03. The summed E-state index contributed by atoms with van der Waals surface area (Å²) in [7, 11) is 0. The molecule has 1 aromatic heterocycles. The van der Waals surface area contributed by atoms with Gasteiger partial charge in [0, 0.05) is 18.7 Å². The van der Waals surface area contributed by atoms with Crippen molar-refractivity contribution in [1.29, 1.82) is 0 Å².